The molecular formula is C10H15N5O. The first kappa shape index (κ1) is 11.0. The lowest BCUT2D eigenvalue weighted by Gasteiger charge is -2.21. The third-order valence-electron chi connectivity index (χ3n) is 2.24. The van der Waals surface area contributed by atoms with E-state index in [9.17, 15) is 0 Å². The van der Waals surface area contributed by atoms with Crippen molar-refractivity contribution in [3.63, 3.8) is 0 Å². The number of rotatable bonds is 3. The van der Waals surface area contributed by atoms with E-state index in [1.807, 2.05) is 0 Å². The van der Waals surface area contributed by atoms with Crippen LogP contribution in [0.15, 0.2) is 16.2 Å². The van der Waals surface area contributed by atoms with Gasteiger partial charge in [-0.15, -0.1) is 0 Å². The summed E-state index contributed by atoms with van der Waals surface area (Å²) in [5, 5.41) is 3.25. The van der Waals surface area contributed by atoms with Crippen LogP contribution in [0.5, 0.6) is 0 Å². The molecule has 6 heteroatoms. The van der Waals surface area contributed by atoms with Gasteiger partial charge >= 0.3 is 0 Å². The van der Waals surface area contributed by atoms with Crippen LogP contribution in [-0.2, 0) is 4.74 Å². The highest BCUT2D eigenvalue weighted by atomic mass is 16.5. The molecule has 1 aromatic rings. The summed E-state index contributed by atoms with van der Waals surface area (Å²) in [4.78, 5) is 15.3. The van der Waals surface area contributed by atoms with E-state index in [1.54, 1.807) is 25.7 Å². The van der Waals surface area contributed by atoms with Crippen molar-refractivity contribution in [3.05, 3.63) is 12.0 Å². The highest BCUT2D eigenvalue weighted by Gasteiger charge is 2.18. The van der Waals surface area contributed by atoms with Crippen LogP contribution in [0, 0.1) is 0 Å². The zero-order valence-electron chi connectivity index (χ0n) is 9.18. The standard InChI is InChI=1S/C10H15N5O/c1-11-2-3-13-9-7-14-10(15-9)8-6-12-4-5-16-8/h2-3,7-8,12H,4-6H2,1H3,(H,14,15). The van der Waals surface area contributed by atoms with E-state index in [-0.39, 0.29) is 6.10 Å². The van der Waals surface area contributed by atoms with Gasteiger partial charge in [0.15, 0.2) is 0 Å². The Morgan fingerprint density at radius 2 is 2.50 bits per heavy atom. The van der Waals surface area contributed by atoms with Gasteiger partial charge in [-0.25, -0.2) is 9.98 Å². The molecule has 0 radical (unpaired) electrons. The Balaban J connectivity index is 2.00. The number of imidazole rings is 1. The summed E-state index contributed by atoms with van der Waals surface area (Å²) in [6, 6.07) is 0. The first-order valence-corrected chi connectivity index (χ1v) is 5.22. The molecule has 86 valence electrons. The molecule has 0 saturated carbocycles. The van der Waals surface area contributed by atoms with E-state index in [0.717, 1.165) is 18.9 Å². The molecule has 1 aliphatic heterocycles. The average Bonchev–Trinajstić information content (AvgIpc) is 2.79. The SMILES string of the molecule is CN=CC=Nc1cnc(C2CNCCO2)[nH]1. The Hall–Kier alpha value is -1.53. The van der Waals surface area contributed by atoms with Crippen LogP contribution in [0.4, 0.5) is 5.82 Å². The Morgan fingerprint density at radius 3 is 3.25 bits per heavy atom. The van der Waals surface area contributed by atoms with Gasteiger partial charge in [0.25, 0.3) is 0 Å². The fourth-order valence-corrected chi connectivity index (χ4v) is 1.48. The normalized spacial score (nSPS) is 22.2. The van der Waals surface area contributed by atoms with E-state index < -0.39 is 0 Å². The van der Waals surface area contributed by atoms with Gasteiger partial charge < -0.3 is 15.0 Å². The number of nitrogens with zero attached hydrogens (tertiary/aromatic N) is 3. The summed E-state index contributed by atoms with van der Waals surface area (Å²) in [6.45, 7) is 2.40. The number of H-pyrrole nitrogens is 1. The van der Waals surface area contributed by atoms with E-state index in [2.05, 4.69) is 25.3 Å². The van der Waals surface area contributed by atoms with Crippen molar-refractivity contribution in [2.24, 2.45) is 9.98 Å². The number of aromatic nitrogens is 2. The number of aromatic amines is 1. The minimum Gasteiger partial charge on any atom is -0.368 e. The summed E-state index contributed by atoms with van der Waals surface area (Å²) < 4.78 is 5.57. The van der Waals surface area contributed by atoms with Crippen molar-refractivity contribution in [1.82, 2.24) is 15.3 Å². The molecule has 6 nitrogen and oxygen atoms in total. The van der Waals surface area contributed by atoms with Gasteiger partial charge in [0.2, 0.25) is 0 Å². The van der Waals surface area contributed by atoms with Gasteiger partial charge in [-0.3, -0.25) is 4.99 Å². The van der Waals surface area contributed by atoms with Gasteiger partial charge in [-0.2, -0.15) is 0 Å². The maximum absolute atomic E-state index is 5.57. The highest BCUT2D eigenvalue weighted by Crippen LogP contribution is 2.17. The number of hydrogen-bond donors (Lipinski definition) is 2. The zero-order chi connectivity index (χ0) is 11.2. The molecule has 2 N–H and O–H groups in total. The molecule has 0 aromatic carbocycles. The lowest BCUT2D eigenvalue weighted by Crippen LogP contribution is -2.33. The molecule has 1 fully saturated rings. The molecule has 16 heavy (non-hydrogen) atoms. The van der Waals surface area contributed by atoms with Crippen LogP contribution in [0.2, 0.25) is 0 Å². The Kier molecular flexibility index (Phi) is 3.79. The van der Waals surface area contributed by atoms with Gasteiger partial charge in [-0.05, 0) is 0 Å². The Labute approximate surface area is 93.9 Å². The van der Waals surface area contributed by atoms with Crippen molar-refractivity contribution in [3.8, 4) is 0 Å². The fourth-order valence-electron chi connectivity index (χ4n) is 1.48. The predicted octanol–water partition coefficient (Wildman–Crippen LogP) is 0.473. The topological polar surface area (TPSA) is 74.7 Å². The third-order valence-corrected chi connectivity index (χ3v) is 2.24. The largest absolute Gasteiger partial charge is 0.368 e. The van der Waals surface area contributed by atoms with Crippen LogP contribution >= 0.6 is 0 Å². The van der Waals surface area contributed by atoms with Crippen molar-refractivity contribution < 1.29 is 4.74 Å². The molecule has 0 amide bonds. The number of hydrogen-bond acceptors (Lipinski definition) is 5. The molecule has 1 aliphatic rings. The second-order valence-corrected chi connectivity index (χ2v) is 3.40. The van der Waals surface area contributed by atoms with Crippen molar-refractivity contribution in [2.45, 2.75) is 6.10 Å². The Morgan fingerprint density at radius 1 is 1.56 bits per heavy atom. The first-order chi connectivity index (χ1) is 7.90. The second kappa shape index (κ2) is 5.53. The molecule has 2 heterocycles. The first-order valence-electron chi connectivity index (χ1n) is 5.22. The van der Waals surface area contributed by atoms with Crippen LogP contribution < -0.4 is 5.32 Å². The van der Waals surface area contributed by atoms with Crippen molar-refractivity contribution in [2.75, 3.05) is 26.7 Å². The molecule has 0 bridgehead atoms. The van der Waals surface area contributed by atoms with Gasteiger partial charge in [-0.1, -0.05) is 0 Å². The van der Waals surface area contributed by atoms with Gasteiger partial charge in [0.05, 0.1) is 12.8 Å². The number of aliphatic imine (C=N–C) groups is 2. The average molecular weight is 221 g/mol. The molecular weight excluding hydrogens is 206 g/mol. The smallest absolute Gasteiger partial charge is 0.149 e. The molecule has 1 atom stereocenters. The van der Waals surface area contributed by atoms with Gasteiger partial charge in [0, 0.05) is 32.6 Å². The number of nitrogens with one attached hydrogen (secondary N) is 2. The van der Waals surface area contributed by atoms with Crippen molar-refractivity contribution in [1.29, 1.82) is 0 Å². The minimum atomic E-state index is -0.00228. The molecule has 0 aliphatic carbocycles. The van der Waals surface area contributed by atoms with Crippen molar-refractivity contribution >= 4 is 18.2 Å². The number of ether oxygens (including phenoxy) is 1. The molecule has 1 unspecified atom stereocenters. The third kappa shape index (κ3) is 2.74. The molecule has 2 rings (SSSR count). The maximum Gasteiger partial charge on any atom is 0.149 e. The van der Waals surface area contributed by atoms with E-state index in [1.165, 1.54) is 0 Å². The maximum atomic E-state index is 5.57. The van der Waals surface area contributed by atoms with E-state index >= 15 is 0 Å². The van der Waals surface area contributed by atoms with Gasteiger partial charge in [0.1, 0.15) is 17.7 Å². The summed E-state index contributed by atoms with van der Waals surface area (Å²) >= 11 is 0. The predicted molar refractivity (Wildman–Crippen MR) is 62.7 cm³/mol. The quantitative estimate of drug-likeness (QED) is 0.729. The van der Waals surface area contributed by atoms with E-state index in [0.29, 0.717) is 12.4 Å². The van der Waals surface area contributed by atoms with Crippen LogP contribution in [0.25, 0.3) is 0 Å². The summed E-state index contributed by atoms with van der Waals surface area (Å²) in [7, 11) is 1.70. The van der Waals surface area contributed by atoms with Crippen LogP contribution in [0.3, 0.4) is 0 Å². The highest BCUT2D eigenvalue weighted by molar-refractivity contribution is 6.16. The second-order valence-electron chi connectivity index (χ2n) is 3.40. The fraction of sp³-hybridized carbons (Fsp3) is 0.500. The van der Waals surface area contributed by atoms with Crippen LogP contribution in [0.1, 0.15) is 11.9 Å². The number of morpholine rings is 1. The molecule has 1 saturated heterocycles. The minimum absolute atomic E-state index is 0.00228. The lowest BCUT2D eigenvalue weighted by atomic mass is 10.3. The lowest BCUT2D eigenvalue weighted by molar-refractivity contribution is 0.0227. The molecule has 0 spiro atoms. The van der Waals surface area contributed by atoms with E-state index in [4.69, 9.17) is 4.74 Å². The van der Waals surface area contributed by atoms with Crippen LogP contribution in [-0.4, -0.2) is 49.1 Å². The summed E-state index contributed by atoms with van der Waals surface area (Å²) in [5.41, 5.74) is 0. The summed E-state index contributed by atoms with van der Waals surface area (Å²) in [5.74, 6) is 1.52. The summed E-state index contributed by atoms with van der Waals surface area (Å²) in [6.07, 6.45) is 4.93. The zero-order valence-corrected chi connectivity index (χ0v) is 9.18. The molecule has 1 aromatic heterocycles. The monoisotopic (exact) mass is 221 g/mol. The Bertz CT molecular complexity index is 378.